The van der Waals surface area contributed by atoms with Crippen molar-refractivity contribution in [3.63, 3.8) is 0 Å². The second-order valence-corrected chi connectivity index (χ2v) is 10.2. The summed E-state index contributed by atoms with van der Waals surface area (Å²) in [4.78, 5) is 14.8. The number of benzene rings is 1. The number of nitrogens with zero attached hydrogens (tertiary/aromatic N) is 1. The van der Waals surface area contributed by atoms with Crippen LogP contribution in [-0.4, -0.2) is 46.4 Å². The second kappa shape index (κ2) is 8.41. The number of thiophene rings is 1. The maximum Gasteiger partial charge on any atom is 0.263 e. The average Bonchev–Trinajstić information content (AvgIpc) is 3.04. The quantitative estimate of drug-likeness (QED) is 0.702. The van der Waals surface area contributed by atoms with Crippen LogP contribution in [0.15, 0.2) is 40.6 Å². The third kappa shape index (κ3) is 6.05. The molecular weight excluding hydrogens is 382 g/mol. The van der Waals surface area contributed by atoms with E-state index in [-0.39, 0.29) is 21.1 Å². The van der Waals surface area contributed by atoms with Gasteiger partial charge in [0.05, 0.1) is 0 Å². The Kier molecular flexibility index (Phi) is 6.67. The van der Waals surface area contributed by atoms with Crippen LogP contribution in [0, 0.1) is 12.3 Å². The molecule has 0 aliphatic heterocycles. The number of aryl methyl sites for hydroxylation is 1. The highest BCUT2D eigenvalue weighted by atomic mass is 32.2. The van der Waals surface area contributed by atoms with E-state index in [9.17, 15) is 13.2 Å². The van der Waals surface area contributed by atoms with Crippen LogP contribution < -0.4 is 10.0 Å². The number of carbonyl (C=O) groups is 1. The summed E-state index contributed by atoms with van der Waals surface area (Å²) in [5, 5.41) is 4.48. The second-order valence-electron chi connectivity index (χ2n) is 7.67. The summed E-state index contributed by atoms with van der Waals surface area (Å²) in [7, 11) is 0.113. The van der Waals surface area contributed by atoms with Crippen LogP contribution in [0.4, 0.5) is 5.69 Å². The zero-order valence-corrected chi connectivity index (χ0v) is 18.0. The molecular formula is C19H27N3O3S2. The van der Waals surface area contributed by atoms with Crippen LogP contribution in [0.2, 0.25) is 0 Å². The minimum atomic E-state index is -3.84. The lowest BCUT2D eigenvalue weighted by atomic mass is 9.93. The van der Waals surface area contributed by atoms with Crippen LogP contribution in [0.25, 0.3) is 0 Å². The van der Waals surface area contributed by atoms with Gasteiger partial charge in [-0.3, -0.25) is 9.52 Å². The molecule has 0 saturated heterocycles. The molecule has 1 aromatic heterocycles. The third-order valence-electron chi connectivity index (χ3n) is 3.90. The molecule has 0 saturated carbocycles. The van der Waals surface area contributed by atoms with E-state index < -0.39 is 10.0 Å². The summed E-state index contributed by atoms with van der Waals surface area (Å²) in [6.07, 6.45) is 0. The molecule has 0 bridgehead atoms. The molecule has 0 spiro atoms. The molecule has 1 heterocycles. The van der Waals surface area contributed by atoms with Gasteiger partial charge in [-0.15, -0.1) is 11.3 Å². The van der Waals surface area contributed by atoms with E-state index in [4.69, 9.17) is 0 Å². The maximum atomic E-state index is 12.7. The van der Waals surface area contributed by atoms with Crippen LogP contribution in [0.1, 0.15) is 29.1 Å². The van der Waals surface area contributed by atoms with E-state index in [1.807, 2.05) is 33.2 Å². The zero-order valence-electron chi connectivity index (χ0n) is 16.4. The molecule has 0 unspecified atom stereocenters. The van der Waals surface area contributed by atoms with Crippen molar-refractivity contribution in [2.45, 2.75) is 25.7 Å². The Morgan fingerprint density at radius 1 is 1.15 bits per heavy atom. The highest BCUT2D eigenvalue weighted by molar-refractivity contribution is 7.93. The van der Waals surface area contributed by atoms with Crippen molar-refractivity contribution < 1.29 is 13.2 Å². The van der Waals surface area contributed by atoms with Gasteiger partial charge in [0, 0.05) is 18.8 Å². The summed E-state index contributed by atoms with van der Waals surface area (Å²) in [6.45, 7) is 7.29. The van der Waals surface area contributed by atoms with Gasteiger partial charge in [0.2, 0.25) is 0 Å². The largest absolute Gasteiger partial charge is 0.351 e. The predicted molar refractivity (Wildman–Crippen MR) is 111 cm³/mol. The van der Waals surface area contributed by atoms with E-state index in [1.54, 1.807) is 17.5 Å². The summed E-state index contributed by atoms with van der Waals surface area (Å²) >= 11 is 1.12. The van der Waals surface area contributed by atoms with Gasteiger partial charge in [-0.05, 0) is 50.0 Å². The molecule has 6 nitrogen and oxygen atoms in total. The Morgan fingerprint density at radius 3 is 2.37 bits per heavy atom. The van der Waals surface area contributed by atoms with E-state index in [0.717, 1.165) is 23.4 Å². The Hall–Kier alpha value is -1.90. The first-order chi connectivity index (χ1) is 12.5. The van der Waals surface area contributed by atoms with E-state index in [0.29, 0.717) is 12.2 Å². The fraction of sp³-hybridized carbons (Fsp3) is 0.421. The van der Waals surface area contributed by atoms with E-state index in [2.05, 4.69) is 28.8 Å². The Bertz CT molecular complexity index is 885. The van der Waals surface area contributed by atoms with E-state index >= 15 is 0 Å². The van der Waals surface area contributed by atoms with Gasteiger partial charge in [0.1, 0.15) is 9.77 Å². The van der Waals surface area contributed by atoms with Gasteiger partial charge >= 0.3 is 0 Å². The number of hydrogen-bond donors (Lipinski definition) is 2. The first-order valence-corrected chi connectivity index (χ1v) is 11.0. The van der Waals surface area contributed by atoms with Gasteiger partial charge < -0.3 is 10.2 Å². The third-order valence-corrected chi connectivity index (χ3v) is 6.37. The first kappa shape index (κ1) is 21.4. The number of carbonyl (C=O) groups excluding carboxylic acids is 1. The summed E-state index contributed by atoms with van der Waals surface area (Å²) in [5.41, 5.74) is 1.37. The van der Waals surface area contributed by atoms with Crippen LogP contribution >= 0.6 is 11.3 Å². The van der Waals surface area contributed by atoms with Crippen molar-refractivity contribution >= 4 is 33.0 Å². The standard InChI is InChI=1S/C19H27N3O3S2/c1-14-6-8-15(9-7-14)21-27(24,25)16-10-11-26-17(16)18(23)20-12-19(2,3)13-22(4)5/h6-11,21H,12-13H2,1-5H3,(H,20,23). The molecule has 0 aliphatic rings. The van der Waals surface area contributed by atoms with Crippen molar-refractivity contribution in [2.75, 3.05) is 31.9 Å². The van der Waals surface area contributed by atoms with Gasteiger partial charge in [-0.2, -0.15) is 0 Å². The molecule has 27 heavy (non-hydrogen) atoms. The molecule has 148 valence electrons. The number of nitrogens with one attached hydrogen (secondary N) is 2. The topological polar surface area (TPSA) is 78.5 Å². The Labute approximate surface area is 165 Å². The lowest BCUT2D eigenvalue weighted by molar-refractivity contribution is 0.0930. The minimum absolute atomic E-state index is 0.00371. The van der Waals surface area contributed by atoms with Crippen LogP contribution in [0.3, 0.4) is 0 Å². The number of rotatable bonds is 8. The summed E-state index contributed by atoms with van der Waals surface area (Å²) in [5.74, 6) is -0.374. The van der Waals surface area contributed by atoms with Gasteiger partial charge in [-0.25, -0.2) is 8.42 Å². The molecule has 0 atom stereocenters. The predicted octanol–water partition coefficient (Wildman–Crippen LogP) is 3.17. The zero-order chi connectivity index (χ0) is 20.2. The maximum absolute atomic E-state index is 12.7. The fourth-order valence-corrected chi connectivity index (χ4v) is 5.22. The Balaban J connectivity index is 2.14. The van der Waals surface area contributed by atoms with Gasteiger partial charge in [0.25, 0.3) is 15.9 Å². The number of anilines is 1. The van der Waals surface area contributed by atoms with E-state index in [1.165, 1.54) is 6.07 Å². The van der Waals surface area contributed by atoms with Crippen molar-refractivity contribution in [3.8, 4) is 0 Å². The SMILES string of the molecule is Cc1ccc(NS(=O)(=O)c2ccsc2C(=O)NCC(C)(C)CN(C)C)cc1. The smallest absolute Gasteiger partial charge is 0.263 e. The van der Waals surface area contributed by atoms with Crippen molar-refractivity contribution in [1.82, 2.24) is 10.2 Å². The average molecular weight is 410 g/mol. The summed E-state index contributed by atoms with van der Waals surface area (Å²) in [6, 6.07) is 8.50. The minimum Gasteiger partial charge on any atom is -0.351 e. The van der Waals surface area contributed by atoms with Crippen LogP contribution in [0.5, 0.6) is 0 Å². The normalized spacial score (nSPS) is 12.2. The molecule has 0 aliphatic carbocycles. The number of hydrogen-bond acceptors (Lipinski definition) is 5. The lowest BCUT2D eigenvalue weighted by Gasteiger charge is -2.28. The molecule has 2 aromatic rings. The van der Waals surface area contributed by atoms with Gasteiger partial charge in [0.15, 0.2) is 0 Å². The van der Waals surface area contributed by atoms with Gasteiger partial charge in [-0.1, -0.05) is 31.5 Å². The first-order valence-electron chi connectivity index (χ1n) is 8.60. The van der Waals surface area contributed by atoms with Crippen molar-refractivity contribution in [1.29, 1.82) is 0 Å². The van der Waals surface area contributed by atoms with Crippen LogP contribution in [-0.2, 0) is 10.0 Å². The molecule has 1 aromatic carbocycles. The molecule has 1 amide bonds. The highest BCUT2D eigenvalue weighted by Gasteiger charge is 2.26. The lowest BCUT2D eigenvalue weighted by Crippen LogP contribution is -2.40. The van der Waals surface area contributed by atoms with Crippen molar-refractivity contribution in [3.05, 3.63) is 46.2 Å². The monoisotopic (exact) mass is 409 g/mol. The molecule has 8 heteroatoms. The van der Waals surface area contributed by atoms with Crippen molar-refractivity contribution in [2.24, 2.45) is 5.41 Å². The highest BCUT2D eigenvalue weighted by Crippen LogP contribution is 2.25. The molecule has 2 N–H and O–H groups in total. The molecule has 0 fully saturated rings. The Morgan fingerprint density at radius 2 is 1.78 bits per heavy atom. The number of amides is 1. The molecule has 2 rings (SSSR count). The molecule has 0 radical (unpaired) electrons. The summed E-state index contributed by atoms with van der Waals surface area (Å²) < 4.78 is 28.0. The fourth-order valence-electron chi connectivity index (χ4n) is 2.82. The number of sulfonamides is 1.